The van der Waals surface area contributed by atoms with Gasteiger partial charge >= 0.3 is 0 Å². The monoisotopic (exact) mass is 197 g/mol. The maximum absolute atomic E-state index is 11.4. The van der Waals surface area contributed by atoms with Gasteiger partial charge in [0.2, 0.25) is 5.91 Å². The van der Waals surface area contributed by atoms with E-state index in [0.717, 1.165) is 6.42 Å². The smallest absolute Gasteiger partial charge is 0.220 e. The minimum absolute atomic E-state index is 0.147. The van der Waals surface area contributed by atoms with Gasteiger partial charge in [-0.1, -0.05) is 33.8 Å². The Labute approximate surface area is 87.8 Å². The lowest BCUT2D eigenvalue weighted by atomic mass is 9.80. The normalized spacial score (nSPS) is 13.4. The van der Waals surface area contributed by atoms with E-state index in [4.69, 9.17) is 0 Å². The van der Waals surface area contributed by atoms with Crippen molar-refractivity contribution in [3.63, 3.8) is 0 Å². The molecule has 0 saturated heterocycles. The second-order valence-electron chi connectivity index (χ2n) is 4.90. The molecule has 2 heteroatoms. The van der Waals surface area contributed by atoms with Gasteiger partial charge in [0.15, 0.2) is 0 Å². The SMILES string of the molecule is C=CCCNC(=O)CC(C)C(C)(C)C. The molecule has 0 rings (SSSR count). The van der Waals surface area contributed by atoms with Crippen LogP contribution in [0.5, 0.6) is 0 Å². The highest BCUT2D eigenvalue weighted by molar-refractivity contribution is 5.76. The quantitative estimate of drug-likeness (QED) is 0.533. The number of amides is 1. The predicted molar refractivity (Wildman–Crippen MR) is 61.1 cm³/mol. The Kier molecular flexibility index (Phi) is 5.51. The Morgan fingerprint density at radius 2 is 2.07 bits per heavy atom. The zero-order chi connectivity index (χ0) is 11.2. The molecular weight excluding hydrogens is 174 g/mol. The van der Waals surface area contributed by atoms with Crippen molar-refractivity contribution in [2.75, 3.05) is 6.54 Å². The largest absolute Gasteiger partial charge is 0.356 e. The second kappa shape index (κ2) is 5.84. The number of carbonyl (C=O) groups excluding carboxylic acids is 1. The standard InChI is InChI=1S/C12H23NO/c1-6-7-8-13-11(14)9-10(2)12(3,4)5/h6,10H,1,7-9H2,2-5H3,(H,13,14). The molecule has 82 valence electrons. The second-order valence-corrected chi connectivity index (χ2v) is 4.90. The fourth-order valence-electron chi connectivity index (χ4n) is 0.970. The van der Waals surface area contributed by atoms with Crippen molar-refractivity contribution in [2.24, 2.45) is 11.3 Å². The first-order valence-electron chi connectivity index (χ1n) is 5.25. The summed E-state index contributed by atoms with van der Waals surface area (Å²) in [6.07, 6.45) is 3.27. The van der Waals surface area contributed by atoms with Gasteiger partial charge in [0.25, 0.3) is 0 Å². The fraction of sp³-hybridized carbons (Fsp3) is 0.750. The van der Waals surface area contributed by atoms with Gasteiger partial charge in [-0.15, -0.1) is 6.58 Å². The third kappa shape index (κ3) is 5.79. The van der Waals surface area contributed by atoms with Crippen molar-refractivity contribution >= 4 is 5.91 Å². The maximum Gasteiger partial charge on any atom is 0.220 e. The van der Waals surface area contributed by atoms with E-state index in [-0.39, 0.29) is 11.3 Å². The lowest BCUT2D eigenvalue weighted by molar-refractivity contribution is -0.122. The van der Waals surface area contributed by atoms with E-state index in [1.165, 1.54) is 0 Å². The third-order valence-electron chi connectivity index (χ3n) is 2.64. The van der Waals surface area contributed by atoms with Crippen molar-refractivity contribution < 1.29 is 4.79 Å². The molecule has 14 heavy (non-hydrogen) atoms. The zero-order valence-corrected chi connectivity index (χ0v) is 9.89. The van der Waals surface area contributed by atoms with E-state index in [9.17, 15) is 4.79 Å². The Bertz CT molecular complexity index is 191. The molecule has 0 radical (unpaired) electrons. The highest BCUT2D eigenvalue weighted by Gasteiger charge is 2.22. The molecule has 0 aliphatic rings. The molecule has 1 unspecified atom stereocenters. The Balaban J connectivity index is 3.77. The average molecular weight is 197 g/mol. The zero-order valence-electron chi connectivity index (χ0n) is 9.89. The van der Waals surface area contributed by atoms with Crippen molar-refractivity contribution in [2.45, 2.75) is 40.5 Å². The first-order chi connectivity index (χ1) is 6.38. The van der Waals surface area contributed by atoms with E-state index < -0.39 is 0 Å². The molecule has 0 aromatic rings. The van der Waals surface area contributed by atoms with E-state index in [0.29, 0.717) is 18.9 Å². The fourth-order valence-corrected chi connectivity index (χ4v) is 0.970. The summed E-state index contributed by atoms with van der Waals surface area (Å²) in [5, 5.41) is 2.88. The van der Waals surface area contributed by atoms with Gasteiger partial charge in [0, 0.05) is 13.0 Å². The highest BCUT2D eigenvalue weighted by atomic mass is 16.1. The summed E-state index contributed by atoms with van der Waals surface area (Å²) in [5.74, 6) is 0.556. The van der Waals surface area contributed by atoms with E-state index in [2.05, 4.69) is 39.6 Å². The molecule has 0 bridgehead atoms. The molecule has 2 nitrogen and oxygen atoms in total. The Morgan fingerprint density at radius 3 is 2.50 bits per heavy atom. The van der Waals surface area contributed by atoms with Crippen LogP contribution in [0.25, 0.3) is 0 Å². The number of nitrogens with one attached hydrogen (secondary N) is 1. The van der Waals surface area contributed by atoms with Crippen LogP contribution in [-0.4, -0.2) is 12.5 Å². The van der Waals surface area contributed by atoms with Crippen molar-refractivity contribution in [3.05, 3.63) is 12.7 Å². The van der Waals surface area contributed by atoms with Gasteiger partial charge in [0.05, 0.1) is 0 Å². The first-order valence-corrected chi connectivity index (χ1v) is 5.25. The highest BCUT2D eigenvalue weighted by Crippen LogP contribution is 2.27. The molecule has 0 aromatic heterocycles. The lowest BCUT2D eigenvalue weighted by Gasteiger charge is -2.26. The van der Waals surface area contributed by atoms with Gasteiger partial charge in [0.1, 0.15) is 0 Å². The molecule has 0 aliphatic carbocycles. The molecule has 0 aliphatic heterocycles. The predicted octanol–water partition coefficient (Wildman–Crippen LogP) is 2.75. The number of hydrogen-bond acceptors (Lipinski definition) is 1. The number of rotatable bonds is 5. The topological polar surface area (TPSA) is 29.1 Å². The molecular formula is C12H23NO. The van der Waals surface area contributed by atoms with E-state index in [1.54, 1.807) is 0 Å². The molecule has 0 fully saturated rings. The van der Waals surface area contributed by atoms with Gasteiger partial charge in [-0.2, -0.15) is 0 Å². The third-order valence-corrected chi connectivity index (χ3v) is 2.64. The van der Waals surface area contributed by atoms with Gasteiger partial charge in [-0.25, -0.2) is 0 Å². The molecule has 0 spiro atoms. The summed E-state index contributed by atoms with van der Waals surface area (Å²) in [4.78, 5) is 11.4. The summed E-state index contributed by atoms with van der Waals surface area (Å²) in [5.41, 5.74) is 0.204. The molecule has 1 atom stereocenters. The molecule has 0 saturated carbocycles. The van der Waals surface area contributed by atoms with Crippen LogP contribution in [0.3, 0.4) is 0 Å². The first kappa shape index (κ1) is 13.2. The summed E-state index contributed by atoms with van der Waals surface area (Å²) in [6.45, 7) is 12.9. The van der Waals surface area contributed by atoms with Crippen LogP contribution >= 0.6 is 0 Å². The summed E-state index contributed by atoms with van der Waals surface area (Å²) in [7, 11) is 0. The number of hydrogen-bond donors (Lipinski definition) is 1. The van der Waals surface area contributed by atoms with Crippen LogP contribution in [0.15, 0.2) is 12.7 Å². The Morgan fingerprint density at radius 1 is 1.50 bits per heavy atom. The molecule has 0 heterocycles. The van der Waals surface area contributed by atoms with Gasteiger partial charge < -0.3 is 5.32 Å². The lowest BCUT2D eigenvalue weighted by Crippen LogP contribution is -2.29. The van der Waals surface area contributed by atoms with Crippen molar-refractivity contribution in [1.82, 2.24) is 5.32 Å². The van der Waals surface area contributed by atoms with Crippen LogP contribution in [0.1, 0.15) is 40.5 Å². The molecule has 0 aromatic carbocycles. The van der Waals surface area contributed by atoms with Crippen molar-refractivity contribution in [1.29, 1.82) is 0 Å². The summed E-state index contributed by atoms with van der Waals surface area (Å²) < 4.78 is 0. The molecule has 1 N–H and O–H groups in total. The van der Waals surface area contributed by atoms with Crippen LogP contribution in [0.4, 0.5) is 0 Å². The molecule has 1 amide bonds. The van der Waals surface area contributed by atoms with E-state index in [1.807, 2.05) is 6.08 Å². The van der Waals surface area contributed by atoms with E-state index >= 15 is 0 Å². The van der Waals surface area contributed by atoms with Gasteiger partial charge in [-0.05, 0) is 17.8 Å². The Hall–Kier alpha value is -0.790. The summed E-state index contributed by atoms with van der Waals surface area (Å²) >= 11 is 0. The van der Waals surface area contributed by atoms with Crippen LogP contribution < -0.4 is 5.32 Å². The van der Waals surface area contributed by atoms with Crippen LogP contribution in [-0.2, 0) is 4.79 Å². The average Bonchev–Trinajstić information content (AvgIpc) is 2.03. The van der Waals surface area contributed by atoms with Crippen molar-refractivity contribution in [3.8, 4) is 0 Å². The minimum atomic E-state index is 0.147. The summed E-state index contributed by atoms with van der Waals surface area (Å²) in [6, 6.07) is 0. The van der Waals surface area contributed by atoms with Crippen LogP contribution in [0.2, 0.25) is 0 Å². The number of carbonyl (C=O) groups is 1. The maximum atomic E-state index is 11.4. The minimum Gasteiger partial charge on any atom is -0.356 e. The van der Waals surface area contributed by atoms with Crippen LogP contribution in [0, 0.1) is 11.3 Å². The van der Waals surface area contributed by atoms with Gasteiger partial charge in [-0.3, -0.25) is 4.79 Å².